The number of hydrogen-bond donors (Lipinski definition) is 0. The number of allylic oxidation sites excluding steroid dienone is 7. The summed E-state index contributed by atoms with van der Waals surface area (Å²) < 4.78 is 1.61. The second-order valence-corrected chi connectivity index (χ2v) is 7.45. The third-order valence-corrected chi connectivity index (χ3v) is 5.41. The number of aldehydes is 1. The molecular weight excluding hydrogens is 412 g/mol. The second-order valence-electron chi connectivity index (χ2n) is 7.45. The van der Waals surface area contributed by atoms with Gasteiger partial charge in [0.15, 0.2) is 5.69 Å². The number of aromatic nitrogens is 2. The van der Waals surface area contributed by atoms with Crippen molar-refractivity contribution in [2.24, 2.45) is 4.99 Å². The molecular formula is C27H28N4O2. The van der Waals surface area contributed by atoms with Crippen LogP contribution in [0.1, 0.15) is 41.2 Å². The maximum atomic E-state index is 13.6. The van der Waals surface area contributed by atoms with E-state index >= 15 is 0 Å². The molecule has 1 aromatic heterocycles. The van der Waals surface area contributed by atoms with Crippen LogP contribution in [0.3, 0.4) is 0 Å². The van der Waals surface area contributed by atoms with Crippen molar-refractivity contribution in [3.05, 3.63) is 102 Å². The van der Waals surface area contributed by atoms with E-state index < -0.39 is 6.04 Å². The number of nitrogens with zero attached hydrogens (tertiary/aromatic N) is 4. The fourth-order valence-corrected chi connectivity index (χ4v) is 3.74. The van der Waals surface area contributed by atoms with Gasteiger partial charge in [0.05, 0.1) is 11.7 Å². The Morgan fingerprint density at radius 1 is 1.21 bits per heavy atom. The molecule has 3 rings (SSSR count). The zero-order chi connectivity index (χ0) is 23.8. The van der Waals surface area contributed by atoms with Gasteiger partial charge in [0.2, 0.25) is 0 Å². The molecule has 6 nitrogen and oxygen atoms in total. The van der Waals surface area contributed by atoms with Crippen LogP contribution in [0, 0.1) is 0 Å². The molecule has 33 heavy (non-hydrogen) atoms. The van der Waals surface area contributed by atoms with Crippen molar-refractivity contribution in [3.63, 3.8) is 0 Å². The Bertz CT molecular complexity index is 1180. The smallest absolute Gasteiger partial charge is 0.275 e. The third-order valence-electron chi connectivity index (χ3n) is 5.41. The average molecular weight is 441 g/mol. The van der Waals surface area contributed by atoms with Crippen molar-refractivity contribution in [2.75, 3.05) is 0 Å². The number of hydrogen-bond acceptors (Lipinski definition) is 4. The summed E-state index contributed by atoms with van der Waals surface area (Å²) >= 11 is 0. The molecule has 0 bridgehead atoms. The molecule has 0 radical (unpaired) electrons. The molecule has 0 fully saturated rings. The Labute approximate surface area is 194 Å². The topological polar surface area (TPSA) is 67.6 Å². The number of fused-ring (bicyclic) bond motifs is 1. The molecule has 0 spiro atoms. The minimum Gasteiger partial charge on any atom is -0.323 e. The van der Waals surface area contributed by atoms with E-state index in [1.54, 1.807) is 40.1 Å². The fourth-order valence-electron chi connectivity index (χ4n) is 3.74. The largest absolute Gasteiger partial charge is 0.323 e. The van der Waals surface area contributed by atoms with Crippen LogP contribution in [0.4, 0.5) is 0 Å². The van der Waals surface area contributed by atoms with Gasteiger partial charge >= 0.3 is 0 Å². The van der Waals surface area contributed by atoms with Gasteiger partial charge in [-0.2, -0.15) is 5.10 Å². The van der Waals surface area contributed by atoms with E-state index in [0.29, 0.717) is 24.5 Å². The average Bonchev–Trinajstić information content (AvgIpc) is 3.28. The number of rotatable bonds is 8. The molecule has 1 aromatic carbocycles. The first-order chi connectivity index (χ1) is 16.1. The van der Waals surface area contributed by atoms with E-state index in [9.17, 15) is 9.59 Å². The molecule has 2 aromatic rings. The van der Waals surface area contributed by atoms with Gasteiger partial charge in [0.25, 0.3) is 5.91 Å². The lowest BCUT2D eigenvalue weighted by Gasteiger charge is -2.33. The predicted octanol–water partition coefficient (Wildman–Crippen LogP) is 4.87. The summed E-state index contributed by atoms with van der Waals surface area (Å²) in [6.07, 6.45) is 13.7. The number of amides is 1. The second kappa shape index (κ2) is 11.0. The van der Waals surface area contributed by atoms with Gasteiger partial charge in [0.1, 0.15) is 12.1 Å². The van der Waals surface area contributed by atoms with Crippen LogP contribution in [0.5, 0.6) is 0 Å². The minimum absolute atomic E-state index is 0.234. The van der Waals surface area contributed by atoms with E-state index in [0.717, 1.165) is 23.0 Å². The van der Waals surface area contributed by atoms with Gasteiger partial charge in [-0.15, -0.1) is 0 Å². The lowest BCUT2D eigenvalue weighted by molar-refractivity contribution is -0.112. The Morgan fingerprint density at radius 3 is 2.61 bits per heavy atom. The number of carbonyl (C=O) groups is 2. The van der Waals surface area contributed by atoms with Crippen LogP contribution < -0.4 is 0 Å². The SMILES string of the molecule is C=C/C=N\C(=C/C)n1nc(C(=O)N2Cc3ccccc3C[C@H]2C=O)cc1/C(C=C)=C/C=C\C. The third kappa shape index (κ3) is 5.06. The molecule has 0 aliphatic carbocycles. The maximum absolute atomic E-state index is 13.6. The molecule has 1 atom stereocenters. The molecule has 6 heteroatoms. The zero-order valence-electron chi connectivity index (χ0n) is 19.0. The van der Waals surface area contributed by atoms with Crippen molar-refractivity contribution in [1.29, 1.82) is 0 Å². The van der Waals surface area contributed by atoms with E-state index in [4.69, 9.17) is 0 Å². The fraction of sp³-hybridized carbons (Fsp3) is 0.185. The van der Waals surface area contributed by atoms with Crippen LogP contribution in [-0.2, 0) is 17.8 Å². The quantitative estimate of drug-likeness (QED) is 0.334. The number of aliphatic imine (C=N–C) groups is 1. The predicted molar refractivity (Wildman–Crippen MR) is 134 cm³/mol. The molecule has 0 unspecified atom stereocenters. The summed E-state index contributed by atoms with van der Waals surface area (Å²) in [5, 5.41) is 4.59. The number of benzene rings is 1. The highest BCUT2D eigenvalue weighted by Crippen LogP contribution is 2.26. The molecule has 1 amide bonds. The number of carbonyl (C=O) groups excluding carboxylic acids is 2. The minimum atomic E-state index is -0.543. The summed E-state index contributed by atoms with van der Waals surface area (Å²) in [6.45, 7) is 11.7. The normalized spacial score (nSPS) is 16.8. The summed E-state index contributed by atoms with van der Waals surface area (Å²) in [6, 6.07) is 9.04. The Balaban J connectivity index is 2.09. The highest BCUT2D eigenvalue weighted by molar-refractivity contribution is 5.95. The summed E-state index contributed by atoms with van der Waals surface area (Å²) in [5.74, 6) is 0.229. The van der Waals surface area contributed by atoms with E-state index in [1.807, 2.05) is 56.3 Å². The van der Waals surface area contributed by atoms with Crippen molar-refractivity contribution >= 4 is 29.8 Å². The Kier molecular flexibility index (Phi) is 7.86. The lowest BCUT2D eigenvalue weighted by atomic mass is 9.94. The van der Waals surface area contributed by atoms with Gasteiger partial charge in [0, 0.05) is 19.2 Å². The molecule has 2 heterocycles. The monoisotopic (exact) mass is 440 g/mol. The van der Waals surface area contributed by atoms with Crippen LogP contribution in [-0.4, -0.2) is 39.1 Å². The van der Waals surface area contributed by atoms with E-state index in [-0.39, 0.29) is 11.6 Å². The first kappa shape index (κ1) is 23.6. The molecule has 0 saturated carbocycles. The van der Waals surface area contributed by atoms with Crippen LogP contribution in [0.15, 0.2) is 84.9 Å². The summed E-state index contributed by atoms with van der Waals surface area (Å²) in [5.41, 5.74) is 3.80. The van der Waals surface area contributed by atoms with Crippen molar-refractivity contribution in [2.45, 2.75) is 32.9 Å². The van der Waals surface area contributed by atoms with E-state index in [1.165, 1.54) is 0 Å². The molecule has 168 valence electrons. The van der Waals surface area contributed by atoms with Gasteiger partial charge in [-0.05, 0) is 42.7 Å². The highest BCUT2D eigenvalue weighted by Gasteiger charge is 2.32. The zero-order valence-corrected chi connectivity index (χ0v) is 19.0. The van der Waals surface area contributed by atoms with Gasteiger partial charge in [-0.1, -0.05) is 67.8 Å². The molecule has 1 aliphatic rings. The Hall–Kier alpha value is -4.06. The van der Waals surface area contributed by atoms with Crippen LogP contribution in [0.2, 0.25) is 0 Å². The Morgan fingerprint density at radius 2 is 1.97 bits per heavy atom. The van der Waals surface area contributed by atoms with Crippen LogP contribution in [0.25, 0.3) is 11.4 Å². The lowest BCUT2D eigenvalue weighted by Crippen LogP contribution is -2.45. The molecule has 0 saturated heterocycles. The first-order valence-electron chi connectivity index (χ1n) is 10.8. The standard InChI is InChI=1S/C27H28N4O2/c1-5-9-12-20(7-3)25-17-24(29-31(25)26(8-4)28-15-6-2)27(33)30-18-22-14-11-10-13-21(22)16-23(30)19-32/h5-15,17,19,23H,2-3,16,18H2,1,4H3/b9-5-,20-12+,26-8+,28-15-/t23-/m0/s1. The van der Waals surface area contributed by atoms with Gasteiger partial charge < -0.3 is 9.69 Å². The molecule has 0 N–H and O–H groups in total. The van der Waals surface area contributed by atoms with Crippen molar-refractivity contribution in [3.8, 4) is 0 Å². The van der Waals surface area contributed by atoms with E-state index in [2.05, 4.69) is 23.2 Å². The van der Waals surface area contributed by atoms with Gasteiger partial charge in [-0.3, -0.25) is 4.79 Å². The van der Waals surface area contributed by atoms with Crippen molar-refractivity contribution in [1.82, 2.24) is 14.7 Å². The summed E-state index contributed by atoms with van der Waals surface area (Å²) in [4.78, 5) is 31.4. The maximum Gasteiger partial charge on any atom is 0.275 e. The van der Waals surface area contributed by atoms with Crippen molar-refractivity contribution < 1.29 is 9.59 Å². The first-order valence-corrected chi connectivity index (χ1v) is 10.8. The highest BCUT2D eigenvalue weighted by atomic mass is 16.2. The van der Waals surface area contributed by atoms with Crippen LogP contribution >= 0.6 is 0 Å². The summed E-state index contributed by atoms with van der Waals surface area (Å²) in [7, 11) is 0. The molecule has 1 aliphatic heterocycles. The van der Waals surface area contributed by atoms with Gasteiger partial charge in [-0.25, -0.2) is 9.67 Å².